The van der Waals surface area contributed by atoms with Crippen LogP contribution in [0.15, 0.2) is 78.9 Å². The van der Waals surface area contributed by atoms with Crippen LogP contribution in [0.3, 0.4) is 0 Å². The molecule has 0 aliphatic carbocycles. The molecule has 1 aliphatic rings. The number of Topliss-reactive ketones (excluding diaryl/α,β-unsaturated/α-hetero) is 1. The van der Waals surface area contributed by atoms with E-state index in [1.54, 1.807) is 13.0 Å². The van der Waals surface area contributed by atoms with Crippen LogP contribution in [-0.2, 0) is 14.4 Å². The molecule has 4 aromatic rings. The number of carbonyl (C=O) groups is 4. The Morgan fingerprint density at radius 1 is 0.814 bits per heavy atom. The zero-order valence-electron chi connectivity index (χ0n) is 24.5. The molecule has 0 fully saturated rings. The van der Waals surface area contributed by atoms with Gasteiger partial charge in [-0.3, -0.25) is 14.4 Å². The quantitative estimate of drug-likeness (QED) is 0.139. The highest BCUT2D eigenvalue weighted by Crippen LogP contribution is 2.35. The maximum Gasteiger partial charge on any atom is 0.252 e. The molecule has 43 heavy (non-hydrogen) atoms. The van der Waals surface area contributed by atoms with Crippen molar-refractivity contribution < 1.29 is 19.2 Å². The van der Waals surface area contributed by atoms with Crippen LogP contribution in [0.5, 0.6) is 0 Å². The van der Waals surface area contributed by atoms with Gasteiger partial charge in [-0.25, -0.2) is 0 Å². The van der Waals surface area contributed by atoms with Gasteiger partial charge in [-0.15, -0.1) is 0 Å². The number of carbonyl (C=O) groups excluding carboxylic acids is 4. The van der Waals surface area contributed by atoms with E-state index in [2.05, 4.69) is 20.9 Å². The smallest absolute Gasteiger partial charge is 0.252 e. The standard InChI is InChI=1S/C35H38N4O4/c1-23(40)13-5-2-3-8-20-31(41)36-22-30(37-32(42)21-29-25-16-9-10-17-26(25)35(43)39-29)33-27-18-11-12-19-28(27)38-34(33)24-14-6-4-7-15-24/h4,6-7,9-12,14-19,29-30,38H,2-3,5,8,13,20-22H2,1H3,(H,36,41)(H,37,42)(H,39,43)/t29-,30+/m0/s1. The Bertz CT molecular complexity index is 1610. The third-order valence-electron chi connectivity index (χ3n) is 7.95. The molecule has 222 valence electrons. The zero-order valence-corrected chi connectivity index (χ0v) is 24.5. The Balaban J connectivity index is 1.35. The van der Waals surface area contributed by atoms with E-state index in [9.17, 15) is 19.2 Å². The van der Waals surface area contributed by atoms with Crippen molar-refractivity contribution in [1.82, 2.24) is 20.9 Å². The summed E-state index contributed by atoms with van der Waals surface area (Å²) in [6.07, 6.45) is 4.43. The van der Waals surface area contributed by atoms with Crippen molar-refractivity contribution in [3.63, 3.8) is 0 Å². The van der Waals surface area contributed by atoms with Gasteiger partial charge in [-0.1, -0.05) is 79.6 Å². The van der Waals surface area contributed by atoms with Crippen molar-refractivity contribution >= 4 is 34.4 Å². The number of unbranched alkanes of at least 4 members (excludes halogenated alkanes) is 3. The summed E-state index contributed by atoms with van der Waals surface area (Å²) in [5.41, 5.74) is 5.09. The fourth-order valence-corrected chi connectivity index (χ4v) is 5.82. The summed E-state index contributed by atoms with van der Waals surface area (Å²) < 4.78 is 0. The minimum absolute atomic E-state index is 0.0797. The van der Waals surface area contributed by atoms with Crippen molar-refractivity contribution in [3.8, 4) is 11.3 Å². The van der Waals surface area contributed by atoms with Gasteiger partial charge >= 0.3 is 0 Å². The van der Waals surface area contributed by atoms with Crippen LogP contribution in [-0.4, -0.2) is 35.0 Å². The van der Waals surface area contributed by atoms with Crippen LogP contribution in [0.1, 0.15) is 85.4 Å². The van der Waals surface area contributed by atoms with Crippen molar-refractivity contribution in [3.05, 3.63) is 95.6 Å². The molecule has 5 rings (SSSR count). The Morgan fingerprint density at radius 3 is 2.30 bits per heavy atom. The second kappa shape index (κ2) is 14.0. The van der Waals surface area contributed by atoms with E-state index in [1.807, 2.05) is 72.8 Å². The van der Waals surface area contributed by atoms with Crippen LogP contribution < -0.4 is 16.0 Å². The minimum atomic E-state index is -0.522. The molecule has 0 unspecified atom stereocenters. The average molecular weight is 579 g/mol. The normalized spacial score (nSPS) is 14.6. The van der Waals surface area contributed by atoms with E-state index in [0.29, 0.717) is 18.4 Å². The number of nitrogens with one attached hydrogen (secondary N) is 4. The van der Waals surface area contributed by atoms with E-state index in [1.165, 1.54) is 0 Å². The predicted molar refractivity (Wildman–Crippen MR) is 167 cm³/mol. The van der Waals surface area contributed by atoms with Crippen molar-refractivity contribution in [1.29, 1.82) is 0 Å². The fourth-order valence-electron chi connectivity index (χ4n) is 5.82. The largest absolute Gasteiger partial charge is 0.354 e. The third-order valence-corrected chi connectivity index (χ3v) is 7.95. The molecule has 0 radical (unpaired) electrons. The second-order valence-electron chi connectivity index (χ2n) is 11.2. The van der Waals surface area contributed by atoms with E-state index >= 15 is 0 Å². The maximum absolute atomic E-state index is 13.6. The van der Waals surface area contributed by atoms with Gasteiger partial charge in [0.2, 0.25) is 11.8 Å². The van der Waals surface area contributed by atoms with Gasteiger partial charge in [0.05, 0.1) is 24.2 Å². The predicted octanol–water partition coefficient (Wildman–Crippen LogP) is 5.91. The summed E-state index contributed by atoms with van der Waals surface area (Å²) in [5, 5.41) is 10.1. The minimum Gasteiger partial charge on any atom is -0.354 e. The van der Waals surface area contributed by atoms with Gasteiger partial charge < -0.3 is 25.7 Å². The molecular weight excluding hydrogens is 540 g/mol. The lowest BCUT2D eigenvalue weighted by Crippen LogP contribution is -2.39. The lowest BCUT2D eigenvalue weighted by molar-refractivity contribution is -0.124. The molecule has 8 heteroatoms. The summed E-state index contributed by atoms with van der Waals surface area (Å²) in [5.74, 6) is -0.293. The van der Waals surface area contributed by atoms with E-state index in [4.69, 9.17) is 0 Å². The highest BCUT2D eigenvalue weighted by atomic mass is 16.2. The van der Waals surface area contributed by atoms with Gasteiger partial charge in [0, 0.05) is 41.4 Å². The summed E-state index contributed by atoms with van der Waals surface area (Å²) in [6, 6.07) is 24.2. The molecule has 0 bridgehead atoms. The lowest BCUT2D eigenvalue weighted by Gasteiger charge is -2.22. The second-order valence-corrected chi connectivity index (χ2v) is 11.2. The monoisotopic (exact) mass is 578 g/mol. The average Bonchev–Trinajstić information content (AvgIpc) is 3.55. The van der Waals surface area contributed by atoms with Gasteiger partial charge in [-0.2, -0.15) is 0 Å². The van der Waals surface area contributed by atoms with Crippen LogP contribution in [0.4, 0.5) is 0 Å². The fraction of sp³-hybridized carbons (Fsp3) is 0.314. The number of aromatic nitrogens is 1. The van der Waals surface area contributed by atoms with Gasteiger partial charge in [-0.05, 0) is 43.0 Å². The first-order valence-electron chi connectivity index (χ1n) is 15.0. The van der Waals surface area contributed by atoms with Crippen molar-refractivity contribution in [2.45, 2.75) is 64.0 Å². The SMILES string of the molecule is CC(=O)CCCCCCC(=O)NC[C@@H](NC(=O)C[C@@H]1NC(=O)c2ccccc21)c1c(-c2ccccc2)[nH]c2ccccc12. The molecule has 1 aliphatic heterocycles. The Labute approximate surface area is 251 Å². The molecule has 1 aromatic heterocycles. The van der Waals surface area contributed by atoms with E-state index in [0.717, 1.165) is 59.0 Å². The number of rotatable bonds is 14. The topological polar surface area (TPSA) is 120 Å². The first kappa shape index (κ1) is 29.8. The number of para-hydroxylation sites is 1. The van der Waals surface area contributed by atoms with Gasteiger partial charge in [0.25, 0.3) is 5.91 Å². The highest BCUT2D eigenvalue weighted by Gasteiger charge is 2.31. The van der Waals surface area contributed by atoms with Gasteiger partial charge in [0.1, 0.15) is 5.78 Å². The molecular formula is C35H38N4O4. The van der Waals surface area contributed by atoms with Gasteiger partial charge in [0.15, 0.2) is 0 Å². The molecule has 8 nitrogen and oxygen atoms in total. The van der Waals surface area contributed by atoms with E-state index < -0.39 is 12.1 Å². The zero-order chi connectivity index (χ0) is 30.2. The molecule has 0 spiro atoms. The van der Waals surface area contributed by atoms with Crippen LogP contribution in [0, 0.1) is 0 Å². The summed E-state index contributed by atoms with van der Waals surface area (Å²) in [7, 11) is 0. The first-order chi connectivity index (χ1) is 20.9. The maximum atomic E-state index is 13.6. The van der Waals surface area contributed by atoms with Crippen LogP contribution in [0.25, 0.3) is 22.2 Å². The Hall–Kier alpha value is -4.72. The lowest BCUT2D eigenvalue weighted by atomic mass is 9.97. The summed E-state index contributed by atoms with van der Waals surface area (Å²) in [4.78, 5) is 53.6. The Kier molecular flexibility index (Phi) is 9.66. The number of ketones is 1. The number of amides is 3. The molecule has 4 N–H and O–H groups in total. The van der Waals surface area contributed by atoms with Crippen LogP contribution >= 0.6 is 0 Å². The molecule has 3 amide bonds. The Morgan fingerprint density at radius 2 is 1.51 bits per heavy atom. The number of hydrogen-bond acceptors (Lipinski definition) is 4. The molecule has 2 heterocycles. The highest BCUT2D eigenvalue weighted by molar-refractivity contribution is 6.00. The number of aromatic amines is 1. The molecule has 0 saturated carbocycles. The number of benzene rings is 3. The molecule has 0 saturated heterocycles. The molecule has 2 atom stereocenters. The number of hydrogen-bond donors (Lipinski definition) is 4. The van der Waals surface area contributed by atoms with Crippen LogP contribution in [0.2, 0.25) is 0 Å². The third kappa shape index (κ3) is 7.38. The number of fused-ring (bicyclic) bond motifs is 2. The van der Waals surface area contributed by atoms with Crippen molar-refractivity contribution in [2.75, 3.05) is 6.54 Å². The molecule has 3 aromatic carbocycles. The number of H-pyrrole nitrogens is 1. The summed E-state index contributed by atoms with van der Waals surface area (Å²) >= 11 is 0. The summed E-state index contributed by atoms with van der Waals surface area (Å²) in [6.45, 7) is 1.81. The first-order valence-corrected chi connectivity index (χ1v) is 15.0. The van der Waals surface area contributed by atoms with Crippen molar-refractivity contribution in [2.24, 2.45) is 0 Å². The van der Waals surface area contributed by atoms with E-state index in [-0.39, 0.29) is 36.5 Å².